The van der Waals surface area contributed by atoms with Crippen molar-refractivity contribution in [2.45, 2.75) is 25.0 Å². The summed E-state index contributed by atoms with van der Waals surface area (Å²) in [7, 11) is 0. The average Bonchev–Trinajstić information content (AvgIpc) is 2.06. The smallest absolute Gasteiger partial charge is 0.0977 e. The van der Waals surface area contributed by atoms with Crippen LogP contribution >= 0.6 is 0 Å². The maximum absolute atomic E-state index is 9.67. The fraction of sp³-hybridized carbons (Fsp3) is 0.778. The number of aliphatic hydroxyl groups excluding tert-OH is 1. The molecule has 0 radical (unpaired) electrons. The molecule has 11 heavy (non-hydrogen) atoms. The van der Waals surface area contributed by atoms with Crippen LogP contribution in [-0.2, 0) is 0 Å². The lowest BCUT2D eigenvalue weighted by atomic mass is 9.81. The third-order valence-corrected chi connectivity index (χ3v) is 2.94. The van der Waals surface area contributed by atoms with Gasteiger partial charge in [0.1, 0.15) is 0 Å². The lowest BCUT2D eigenvalue weighted by Gasteiger charge is -2.46. The van der Waals surface area contributed by atoms with E-state index in [0.717, 1.165) is 25.9 Å². The summed E-state index contributed by atoms with van der Waals surface area (Å²) in [5.74, 6) is 3.13. The number of terminal acetylenes is 1. The topological polar surface area (TPSA) is 23.5 Å². The van der Waals surface area contributed by atoms with E-state index >= 15 is 0 Å². The van der Waals surface area contributed by atoms with Crippen LogP contribution in [0.3, 0.4) is 0 Å². The Morgan fingerprint density at radius 2 is 2.00 bits per heavy atom. The first-order chi connectivity index (χ1) is 5.33. The lowest BCUT2D eigenvalue weighted by Crippen LogP contribution is -2.57. The highest BCUT2D eigenvalue weighted by molar-refractivity contribution is 5.09. The zero-order chi connectivity index (χ0) is 7.84. The number of nitrogens with zero attached hydrogens (tertiary/aromatic N) is 1. The van der Waals surface area contributed by atoms with E-state index in [4.69, 9.17) is 6.42 Å². The second kappa shape index (κ2) is 2.51. The number of rotatable bonds is 0. The van der Waals surface area contributed by atoms with E-state index in [9.17, 15) is 5.11 Å². The van der Waals surface area contributed by atoms with E-state index in [1.165, 1.54) is 0 Å². The SMILES string of the molecule is C#CC1C(O)C2CCN1CC2. The number of piperidine rings is 3. The summed E-state index contributed by atoms with van der Waals surface area (Å²) in [5.41, 5.74) is 0. The van der Waals surface area contributed by atoms with E-state index in [1.54, 1.807) is 0 Å². The molecule has 3 fully saturated rings. The maximum Gasteiger partial charge on any atom is 0.0977 e. The van der Waals surface area contributed by atoms with E-state index in [0.29, 0.717) is 5.92 Å². The number of hydrogen-bond acceptors (Lipinski definition) is 2. The normalized spacial score (nSPS) is 48.7. The van der Waals surface area contributed by atoms with Crippen molar-refractivity contribution in [1.29, 1.82) is 0 Å². The second-order valence-electron chi connectivity index (χ2n) is 3.48. The van der Waals surface area contributed by atoms with Crippen LogP contribution in [0, 0.1) is 18.3 Å². The van der Waals surface area contributed by atoms with Gasteiger partial charge in [0.2, 0.25) is 0 Å². The van der Waals surface area contributed by atoms with Gasteiger partial charge in [-0.15, -0.1) is 6.42 Å². The van der Waals surface area contributed by atoms with Crippen molar-refractivity contribution in [2.24, 2.45) is 5.92 Å². The Balaban J connectivity index is 2.18. The van der Waals surface area contributed by atoms with Gasteiger partial charge in [-0.1, -0.05) is 5.92 Å². The van der Waals surface area contributed by atoms with Gasteiger partial charge < -0.3 is 5.11 Å². The first-order valence-electron chi connectivity index (χ1n) is 4.21. The second-order valence-corrected chi connectivity index (χ2v) is 3.48. The molecule has 3 aliphatic rings. The number of aliphatic hydroxyl groups is 1. The highest BCUT2D eigenvalue weighted by Crippen LogP contribution is 2.31. The van der Waals surface area contributed by atoms with Crippen molar-refractivity contribution in [3.05, 3.63) is 0 Å². The van der Waals surface area contributed by atoms with Crippen LogP contribution in [0.15, 0.2) is 0 Å². The molecular formula is C9H13NO. The monoisotopic (exact) mass is 151 g/mol. The predicted molar refractivity (Wildman–Crippen MR) is 42.9 cm³/mol. The van der Waals surface area contributed by atoms with Gasteiger partial charge in [-0.25, -0.2) is 0 Å². The zero-order valence-corrected chi connectivity index (χ0v) is 6.53. The number of hydrogen-bond donors (Lipinski definition) is 1. The molecule has 60 valence electrons. The fourth-order valence-corrected chi connectivity index (χ4v) is 2.22. The molecule has 3 saturated heterocycles. The summed E-state index contributed by atoms with van der Waals surface area (Å²) in [6, 6.07) is 0.00231. The van der Waals surface area contributed by atoms with E-state index < -0.39 is 0 Å². The molecule has 2 unspecified atom stereocenters. The van der Waals surface area contributed by atoms with Crippen molar-refractivity contribution >= 4 is 0 Å². The largest absolute Gasteiger partial charge is 0.390 e. The molecule has 3 aliphatic heterocycles. The van der Waals surface area contributed by atoms with E-state index in [1.807, 2.05) is 0 Å². The molecule has 3 heterocycles. The summed E-state index contributed by atoms with van der Waals surface area (Å²) < 4.78 is 0. The average molecular weight is 151 g/mol. The minimum absolute atomic E-state index is 0.00231. The van der Waals surface area contributed by atoms with Crippen LogP contribution in [0.25, 0.3) is 0 Å². The van der Waals surface area contributed by atoms with Gasteiger partial charge in [0, 0.05) is 0 Å². The summed E-state index contributed by atoms with van der Waals surface area (Å²) in [6.45, 7) is 2.16. The highest BCUT2D eigenvalue weighted by atomic mass is 16.3. The van der Waals surface area contributed by atoms with Crippen LogP contribution in [0.5, 0.6) is 0 Å². The molecule has 0 aliphatic carbocycles. The third-order valence-electron chi connectivity index (χ3n) is 2.94. The van der Waals surface area contributed by atoms with Gasteiger partial charge in [0.15, 0.2) is 0 Å². The molecule has 2 heteroatoms. The Morgan fingerprint density at radius 1 is 1.36 bits per heavy atom. The van der Waals surface area contributed by atoms with Gasteiger partial charge in [0.05, 0.1) is 12.1 Å². The van der Waals surface area contributed by atoms with Crippen molar-refractivity contribution in [2.75, 3.05) is 13.1 Å². The van der Waals surface area contributed by atoms with Crippen LogP contribution < -0.4 is 0 Å². The zero-order valence-electron chi connectivity index (χ0n) is 6.53. The quantitative estimate of drug-likeness (QED) is 0.495. The van der Waals surface area contributed by atoms with Gasteiger partial charge in [-0.2, -0.15) is 0 Å². The summed E-state index contributed by atoms with van der Waals surface area (Å²) in [5, 5.41) is 9.67. The lowest BCUT2D eigenvalue weighted by molar-refractivity contribution is -0.0499. The molecule has 0 saturated carbocycles. The Labute approximate surface area is 67.2 Å². The van der Waals surface area contributed by atoms with Crippen molar-refractivity contribution < 1.29 is 5.11 Å². The maximum atomic E-state index is 9.67. The Kier molecular flexibility index (Phi) is 1.63. The van der Waals surface area contributed by atoms with Crippen LogP contribution in [0.2, 0.25) is 0 Å². The number of fused-ring (bicyclic) bond motifs is 3. The van der Waals surface area contributed by atoms with Crippen LogP contribution in [-0.4, -0.2) is 35.2 Å². The molecule has 3 rings (SSSR count). The van der Waals surface area contributed by atoms with Crippen molar-refractivity contribution in [3.63, 3.8) is 0 Å². The predicted octanol–water partition coefficient (Wildman–Crippen LogP) is 0.0747. The molecule has 0 aromatic rings. The summed E-state index contributed by atoms with van der Waals surface area (Å²) in [4.78, 5) is 2.21. The molecule has 2 atom stereocenters. The van der Waals surface area contributed by atoms with Crippen LogP contribution in [0.4, 0.5) is 0 Å². The fourth-order valence-electron chi connectivity index (χ4n) is 2.22. The molecule has 0 aromatic carbocycles. The Hall–Kier alpha value is -0.520. The first kappa shape index (κ1) is 7.15. The van der Waals surface area contributed by atoms with Crippen LogP contribution in [0.1, 0.15) is 12.8 Å². The van der Waals surface area contributed by atoms with E-state index in [2.05, 4.69) is 10.8 Å². The Bertz CT molecular complexity index is 186. The standard InChI is InChI=1S/C9H13NO/c1-2-8-9(11)7-3-5-10(8)6-4-7/h1,7-9,11H,3-6H2. The Morgan fingerprint density at radius 3 is 2.36 bits per heavy atom. The molecule has 1 N–H and O–H groups in total. The summed E-state index contributed by atoms with van der Waals surface area (Å²) in [6.07, 6.45) is 7.32. The molecule has 2 bridgehead atoms. The minimum atomic E-state index is -0.262. The highest BCUT2D eigenvalue weighted by Gasteiger charge is 2.39. The molecule has 0 spiro atoms. The molecule has 0 amide bonds. The van der Waals surface area contributed by atoms with Gasteiger partial charge >= 0.3 is 0 Å². The first-order valence-corrected chi connectivity index (χ1v) is 4.21. The van der Waals surface area contributed by atoms with Gasteiger partial charge in [0.25, 0.3) is 0 Å². The van der Waals surface area contributed by atoms with Crippen molar-refractivity contribution in [1.82, 2.24) is 4.90 Å². The molecule has 0 aromatic heterocycles. The van der Waals surface area contributed by atoms with E-state index in [-0.39, 0.29) is 12.1 Å². The summed E-state index contributed by atoms with van der Waals surface area (Å²) >= 11 is 0. The van der Waals surface area contributed by atoms with Gasteiger partial charge in [-0.3, -0.25) is 4.90 Å². The third kappa shape index (κ3) is 0.962. The van der Waals surface area contributed by atoms with Gasteiger partial charge in [-0.05, 0) is 31.8 Å². The molecular weight excluding hydrogens is 138 g/mol. The van der Waals surface area contributed by atoms with Crippen molar-refractivity contribution in [3.8, 4) is 12.3 Å². The molecule has 2 nitrogen and oxygen atoms in total. The minimum Gasteiger partial charge on any atom is -0.390 e.